The molecule has 0 saturated heterocycles. The fraction of sp³-hybridized carbons (Fsp3) is 0.231. The zero-order valence-corrected chi connectivity index (χ0v) is 11.2. The van der Waals surface area contributed by atoms with Gasteiger partial charge >= 0.3 is 5.97 Å². The molecule has 2 rings (SSSR count). The van der Waals surface area contributed by atoms with Crippen LogP contribution in [0.1, 0.15) is 16.2 Å². The molecule has 0 saturated carbocycles. The maximum atomic E-state index is 11.3. The summed E-state index contributed by atoms with van der Waals surface area (Å²) in [5.74, 6) is 0.497. The first kappa shape index (κ1) is 13.7. The van der Waals surface area contributed by atoms with E-state index in [0.717, 1.165) is 5.56 Å². The minimum Gasteiger partial charge on any atom is -0.481 e. The van der Waals surface area contributed by atoms with Crippen LogP contribution in [0.4, 0.5) is 5.82 Å². The van der Waals surface area contributed by atoms with Crippen molar-refractivity contribution < 1.29 is 14.3 Å². The van der Waals surface area contributed by atoms with Gasteiger partial charge in [-0.15, -0.1) is 0 Å². The van der Waals surface area contributed by atoms with E-state index in [0.29, 0.717) is 18.2 Å². The number of hydrogen-bond acceptors (Lipinski definition) is 7. The Hall–Kier alpha value is -2.70. The smallest absolute Gasteiger partial charge is 0.376 e. The minimum absolute atomic E-state index is 0.00986. The molecule has 0 aliphatic heterocycles. The van der Waals surface area contributed by atoms with Gasteiger partial charge in [-0.3, -0.25) is 0 Å². The van der Waals surface area contributed by atoms with Crippen LogP contribution < -0.4 is 10.1 Å². The quantitative estimate of drug-likeness (QED) is 0.822. The predicted molar refractivity (Wildman–Crippen MR) is 71.5 cm³/mol. The highest BCUT2D eigenvalue weighted by atomic mass is 16.5. The van der Waals surface area contributed by atoms with Crippen molar-refractivity contribution in [1.29, 1.82) is 0 Å². The van der Waals surface area contributed by atoms with Crippen molar-refractivity contribution >= 4 is 11.8 Å². The molecule has 0 amide bonds. The van der Waals surface area contributed by atoms with Crippen LogP contribution in [0.2, 0.25) is 0 Å². The molecule has 2 heterocycles. The molecule has 2 aromatic heterocycles. The van der Waals surface area contributed by atoms with Crippen molar-refractivity contribution in [3.05, 3.63) is 42.0 Å². The van der Waals surface area contributed by atoms with Crippen molar-refractivity contribution in [1.82, 2.24) is 15.0 Å². The Bertz CT molecular complexity index is 604. The topological polar surface area (TPSA) is 86.2 Å². The van der Waals surface area contributed by atoms with Gasteiger partial charge in [-0.25, -0.2) is 19.7 Å². The molecule has 104 valence electrons. The summed E-state index contributed by atoms with van der Waals surface area (Å²) in [6, 6.07) is 5.37. The summed E-state index contributed by atoms with van der Waals surface area (Å²) in [5, 5.41) is 3.08. The predicted octanol–water partition coefficient (Wildman–Crippen LogP) is 1.28. The lowest BCUT2D eigenvalue weighted by Gasteiger charge is -2.09. The highest BCUT2D eigenvalue weighted by Crippen LogP contribution is 2.15. The third-order valence-electron chi connectivity index (χ3n) is 2.53. The molecule has 0 aliphatic carbocycles. The van der Waals surface area contributed by atoms with Gasteiger partial charge in [0.25, 0.3) is 0 Å². The molecule has 0 radical (unpaired) electrons. The molecule has 20 heavy (non-hydrogen) atoms. The number of hydrogen-bond donors (Lipinski definition) is 1. The molecular weight excluding hydrogens is 260 g/mol. The summed E-state index contributed by atoms with van der Waals surface area (Å²) in [4.78, 5) is 23.3. The number of pyridine rings is 1. The largest absolute Gasteiger partial charge is 0.481 e. The fourth-order valence-corrected chi connectivity index (χ4v) is 1.58. The van der Waals surface area contributed by atoms with E-state index >= 15 is 0 Å². The molecular formula is C13H14N4O3. The highest BCUT2D eigenvalue weighted by Gasteiger charge is 2.10. The Morgan fingerprint density at radius 2 is 2.10 bits per heavy atom. The molecule has 0 fully saturated rings. The molecule has 2 aromatic rings. The molecule has 0 bridgehead atoms. The summed E-state index contributed by atoms with van der Waals surface area (Å²) in [6.45, 7) is 0.467. The van der Waals surface area contributed by atoms with Crippen LogP contribution in [-0.4, -0.2) is 35.1 Å². The number of aromatic nitrogens is 3. The standard InChI is InChI=1S/C13H14N4O3/c1-19-12-9(4-3-6-15-12)8-16-10-5-7-14-11(17-10)13(18)20-2/h3-7H,8H2,1-2H3,(H,14,16,17). The van der Waals surface area contributed by atoms with Crippen molar-refractivity contribution in [3.8, 4) is 5.88 Å². The Morgan fingerprint density at radius 1 is 1.25 bits per heavy atom. The Labute approximate surface area is 116 Å². The SMILES string of the molecule is COC(=O)c1nccc(NCc2cccnc2OC)n1. The van der Waals surface area contributed by atoms with Gasteiger partial charge in [0.1, 0.15) is 5.82 Å². The summed E-state index contributed by atoms with van der Waals surface area (Å²) in [5.41, 5.74) is 0.883. The maximum Gasteiger partial charge on any atom is 0.376 e. The lowest BCUT2D eigenvalue weighted by atomic mass is 10.2. The fourth-order valence-electron chi connectivity index (χ4n) is 1.58. The first-order chi connectivity index (χ1) is 9.74. The van der Waals surface area contributed by atoms with Gasteiger partial charge in [-0.1, -0.05) is 6.07 Å². The van der Waals surface area contributed by atoms with Crippen LogP contribution in [0.3, 0.4) is 0 Å². The molecule has 7 heteroatoms. The van der Waals surface area contributed by atoms with E-state index in [-0.39, 0.29) is 5.82 Å². The van der Waals surface area contributed by atoms with Crippen molar-refractivity contribution in [2.24, 2.45) is 0 Å². The number of methoxy groups -OCH3 is 2. The van der Waals surface area contributed by atoms with E-state index in [1.807, 2.05) is 12.1 Å². The summed E-state index contributed by atoms with van der Waals surface area (Å²) in [6.07, 6.45) is 3.14. The van der Waals surface area contributed by atoms with E-state index in [1.54, 1.807) is 19.4 Å². The molecule has 0 aromatic carbocycles. The van der Waals surface area contributed by atoms with Gasteiger partial charge in [0.2, 0.25) is 11.7 Å². The number of carbonyl (C=O) groups is 1. The minimum atomic E-state index is -0.576. The second-order valence-corrected chi connectivity index (χ2v) is 3.78. The van der Waals surface area contributed by atoms with Crippen LogP contribution in [0.15, 0.2) is 30.6 Å². The van der Waals surface area contributed by atoms with E-state index in [2.05, 4.69) is 25.0 Å². The van der Waals surface area contributed by atoms with E-state index in [4.69, 9.17) is 4.74 Å². The number of anilines is 1. The number of esters is 1. The number of carbonyl (C=O) groups excluding carboxylic acids is 1. The zero-order chi connectivity index (χ0) is 14.4. The van der Waals surface area contributed by atoms with Gasteiger partial charge < -0.3 is 14.8 Å². The van der Waals surface area contributed by atoms with Gasteiger partial charge in [0, 0.05) is 24.5 Å². The first-order valence-corrected chi connectivity index (χ1v) is 5.87. The lowest BCUT2D eigenvalue weighted by molar-refractivity contribution is 0.0587. The third kappa shape index (κ3) is 3.19. The zero-order valence-electron chi connectivity index (χ0n) is 11.2. The average Bonchev–Trinajstić information content (AvgIpc) is 2.52. The number of nitrogens with one attached hydrogen (secondary N) is 1. The van der Waals surface area contributed by atoms with Crippen LogP contribution in [-0.2, 0) is 11.3 Å². The molecule has 1 N–H and O–H groups in total. The van der Waals surface area contributed by atoms with Crippen molar-refractivity contribution in [2.75, 3.05) is 19.5 Å². The molecule has 0 unspecified atom stereocenters. The summed E-state index contributed by atoms with van der Waals surface area (Å²) >= 11 is 0. The van der Waals surface area contributed by atoms with Gasteiger partial charge in [0.15, 0.2) is 0 Å². The third-order valence-corrected chi connectivity index (χ3v) is 2.53. The molecule has 7 nitrogen and oxygen atoms in total. The number of nitrogens with zero attached hydrogens (tertiary/aromatic N) is 3. The highest BCUT2D eigenvalue weighted by molar-refractivity contribution is 5.85. The second-order valence-electron chi connectivity index (χ2n) is 3.78. The monoisotopic (exact) mass is 274 g/mol. The second kappa shape index (κ2) is 6.46. The van der Waals surface area contributed by atoms with Crippen LogP contribution in [0.5, 0.6) is 5.88 Å². The van der Waals surface area contributed by atoms with Gasteiger partial charge in [-0.2, -0.15) is 0 Å². The summed E-state index contributed by atoms with van der Waals surface area (Å²) in [7, 11) is 2.85. The van der Waals surface area contributed by atoms with Crippen LogP contribution in [0.25, 0.3) is 0 Å². The van der Waals surface area contributed by atoms with E-state index in [9.17, 15) is 4.79 Å². The van der Waals surface area contributed by atoms with Crippen LogP contribution >= 0.6 is 0 Å². The maximum absolute atomic E-state index is 11.3. The Kier molecular flexibility index (Phi) is 4.43. The molecule has 0 atom stereocenters. The van der Waals surface area contributed by atoms with Crippen molar-refractivity contribution in [2.45, 2.75) is 6.54 Å². The lowest BCUT2D eigenvalue weighted by Crippen LogP contribution is -2.10. The summed E-state index contributed by atoms with van der Waals surface area (Å²) < 4.78 is 9.72. The normalized spacial score (nSPS) is 9.90. The van der Waals surface area contributed by atoms with E-state index in [1.165, 1.54) is 13.3 Å². The van der Waals surface area contributed by atoms with E-state index < -0.39 is 5.97 Å². The van der Waals surface area contributed by atoms with Gasteiger partial charge in [0.05, 0.1) is 14.2 Å². The molecule has 0 spiro atoms. The Morgan fingerprint density at radius 3 is 2.85 bits per heavy atom. The van der Waals surface area contributed by atoms with Crippen molar-refractivity contribution in [3.63, 3.8) is 0 Å². The average molecular weight is 274 g/mol. The number of rotatable bonds is 5. The van der Waals surface area contributed by atoms with Crippen LogP contribution in [0, 0.1) is 0 Å². The molecule has 0 aliphatic rings. The van der Waals surface area contributed by atoms with Gasteiger partial charge in [-0.05, 0) is 12.1 Å². The number of ether oxygens (including phenoxy) is 2. The first-order valence-electron chi connectivity index (χ1n) is 5.87. The Balaban J connectivity index is 2.09.